The lowest BCUT2D eigenvalue weighted by atomic mass is 9.84. The fourth-order valence-electron chi connectivity index (χ4n) is 1.53. The summed E-state index contributed by atoms with van der Waals surface area (Å²) < 4.78 is 0. The molecule has 1 atom stereocenters. The van der Waals surface area contributed by atoms with Gasteiger partial charge in [0.05, 0.1) is 0 Å². The van der Waals surface area contributed by atoms with Crippen LogP contribution in [0.5, 0.6) is 0 Å². The summed E-state index contributed by atoms with van der Waals surface area (Å²) in [6, 6.07) is 0. The van der Waals surface area contributed by atoms with Crippen LogP contribution in [-0.4, -0.2) is 35.4 Å². The number of carbonyl (C=O) groups is 1. The molecular formula is C12H25N3O2. The highest BCUT2D eigenvalue weighted by Crippen LogP contribution is 2.24. The van der Waals surface area contributed by atoms with Crippen molar-refractivity contribution in [2.24, 2.45) is 22.2 Å². The highest BCUT2D eigenvalue weighted by Gasteiger charge is 2.38. The molecule has 0 aromatic carbocycles. The Kier molecular flexibility index (Phi) is 5.99. The van der Waals surface area contributed by atoms with Crippen LogP contribution in [0.25, 0.3) is 0 Å². The van der Waals surface area contributed by atoms with Crippen LogP contribution in [0.15, 0.2) is 5.16 Å². The van der Waals surface area contributed by atoms with Crippen LogP contribution >= 0.6 is 0 Å². The largest absolute Gasteiger partial charge is 0.409 e. The SMILES string of the molecule is CCC(C)(C(=O)N(C)CCC(C)C)C(N)=NO. The molecule has 0 heterocycles. The minimum absolute atomic E-state index is 0.0265. The normalized spacial score (nSPS) is 15.8. The first-order chi connectivity index (χ1) is 7.79. The number of hydrogen-bond donors (Lipinski definition) is 2. The molecular weight excluding hydrogens is 218 g/mol. The predicted molar refractivity (Wildman–Crippen MR) is 68.9 cm³/mol. The number of oxime groups is 1. The van der Waals surface area contributed by atoms with E-state index < -0.39 is 5.41 Å². The van der Waals surface area contributed by atoms with Crippen molar-refractivity contribution in [3.8, 4) is 0 Å². The molecule has 0 saturated heterocycles. The van der Waals surface area contributed by atoms with E-state index in [4.69, 9.17) is 10.9 Å². The van der Waals surface area contributed by atoms with E-state index in [1.807, 2.05) is 6.92 Å². The molecule has 0 rings (SSSR count). The molecule has 3 N–H and O–H groups in total. The Bertz CT molecular complexity index is 289. The van der Waals surface area contributed by atoms with Gasteiger partial charge < -0.3 is 15.8 Å². The van der Waals surface area contributed by atoms with Gasteiger partial charge in [-0.3, -0.25) is 4.79 Å². The zero-order chi connectivity index (χ0) is 13.6. The Labute approximate surface area is 104 Å². The van der Waals surface area contributed by atoms with Crippen molar-refractivity contribution >= 4 is 11.7 Å². The van der Waals surface area contributed by atoms with Crippen LogP contribution in [0.1, 0.15) is 40.5 Å². The van der Waals surface area contributed by atoms with Gasteiger partial charge in [0.2, 0.25) is 5.91 Å². The minimum atomic E-state index is -0.916. The zero-order valence-electron chi connectivity index (χ0n) is 11.5. The molecule has 0 aromatic rings. The lowest BCUT2D eigenvalue weighted by Crippen LogP contribution is -2.48. The first-order valence-electron chi connectivity index (χ1n) is 6.03. The van der Waals surface area contributed by atoms with E-state index >= 15 is 0 Å². The maximum absolute atomic E-state index is 12.3. The van der Waals surface area contributed by atoms with E-state index in [0.29, 0.717) is 18.9 Å². The van der Waals surface area contributed by atoms with Crippen molar-refractivity contribution in [2.45, 2.75) is 40.5 Å². The quantitative estimate of drug-likeness (QED) is 0.322. The van der Waals surface area contributed by atoms with Crippen molar-refractivity contribution in [3.63, 3.8) is 0 Å². The van der Waals surface area contributed by atoms with Crippen LogP contribution in [-0.2, 0) is 4.79 Å². The average molecular weight is 243 g/mol. The summed E-state index contributed by atoms with van der Waals surface area (Å²) in [5.41, 5.74) is 4.69. The number of amides is 1. The number of nitrogens with two attached hydrogens (primary N) is 1. The van der Waals surface area contributed by atoms with E-state index in [-0.39, 0.29) is 11.7 Å². The summed E-state index contributed by atoms with van der Waals surface area (Å²) in [7, 11) is 1.75. The molecule has 0 fully saturated rings. The summed E-state index contributed by atoms with van der Waals surface area (Å²) in [6.07, 6.45) is 1.45. The van der Waals surface area contributed by atoms with Gasteiger partial charge in [0.15, 0.2) is 5.84 Å². The van der Waals surface area contributed by atoms with Gasteiger partial charge in [-0.2, -0.15) is 0 Å². The van der Waals surface area contributed by atoms with Gasteiger partial charge in [0.25, 0.3) is 0 Å². The first-order valence-corrected chi connectivity index (χ1v) is 6.03. The third kappa shape index (κ3) is 3.91. The molecule has 0 aliphatic rings. The Balaban J connectivity index is 4.75. The molecule has 0 bridgehead atoms. The van der Waals surface area contributed by atoms with E-state index in [9.17, 15) is 4.79 Å². The highest BCUT2D eigenvalue weighted by molar-refractivity contribution is 6.06. The van der Waals surface area contributed by atoms with Crippen LogP contribution in [0.4, 0.5) is 0 Å². The summed E-state index contributed by atoms with van der Waals surface area (Å²) >= 11 is 0. The topological polar surface area (TPSA) is 78.9 Å². The van der Waals surface area contributed by atoms with E-state index in [1.165, 1.54) is 0 Å². The highest BCUT2D eigenvalue weighted by atomic mass is 16.4. The second-order valence-corrected chi connectivity index (χ2v) is 5.08. The summed E-state index contributed by atoms with van der Waals surface area (Å²) in [5.74, 6) is 0.416. The van der Waals surface area contributed by atoms with Crippen LogP contribution in [0, 0.1) is 11.3 Å². The van der Waals surface area contributed by atoms with Gasteiger partial charge in [-0.15, -0.1) is 0 Å². The van der Waals surface area contributed by atoms with Gasteiger partial charge in [-0.1, -0.05) is 25.9 Å². The molecule has 17 heavy (non-hydrogen) atoms. The van der Waals surface area contributed by atoms with Crippen LogP contribution < -0.4 is 5.73 Å². The second kappa shape index (κ2) is 6.47. The number of carbonyl (C=O) groups excluding carboxylic acids is 1. The molecule has 0 aliphatic heterocycles. The lowest BCUT2D eigenvalue weighted by Gasteiger charge is -2.30. The van der Waals surface area contributed by atoms with Crippen molar-refractivity contribution in [3.05, 3.63) is 0 Å². The monoisotopic (exact) mass is 243 g/mol. The minimum Gasteiger partial charge on any atom is -0.409 e. The maximum Gasteiger partial charge on any atom is 0.235 e. The number of rotatable bonds is 6. The zero-order valence-corrected chi connectivity index (χ0v) is 11.5. The van der Waals surface area contributed by atoms with Crippen molar-refractivity contribution in [1.29, 1.82) is 0 Å². The molecule has 5 heteroatoms. The molecule has 5 nitrogen and oxygen atoms in total. The molecule has 0 saturated carbocycles. The predicted octanol–water partition coefficient (Wildman–Crippen LogP) is 1.65. The Morgan fingerprint density at radius 3 is 2.41 bits per heavy atom. The van der Waals surface area contributed by atoms with Crippen molar-refractivity contribution in [2.75, 3.05) is 13.6 Å². The van der Waals surface area contributed by atoms with Crippen LogP contribution in [0.3, 0.4) is 0 Å². The van der Waals surface area contributed by atoms with Crippen molar-refractivity contribution in [1.82, 2.24) is 4.90 Å². The fraction of sp³-hybridized carbons (Fsp3) is 0.833. The average Bonchev–Trinajstić information content (AvgIpc) is 2.32. The van der Waals surface area contributed by atoms with E-state index in [2.05, 4.69) is 19.0 Å². The van der Waals surface area contributed by atoms with Gasteiger partial charge in [0.1, 0.15) is 5.41 Å². The maximum atomic E-state index is 12.3. The number of amidine groups is 1. The first kappa shape index (κ1) is 15.7. The van der Waals surface area contributed by atoms with E-state index in [0.717, 1.165) is 6.42 Å². The Hall–Kier alpha value is -1.26. The van der Waals surface area contributed by atoms with Gasteiger partial charge in [0, 0.05) is 13.6 Å². The van der Waals surface area contributed by atoms with Crippen LogP contribution in [0.2, 0.25) is 0 Å². The summed E-state index contributed by atoms with van der Waals surface area (Å²) in [4.78, 5) is 13.9. The third-order valence-electron chi connectivity index (χ3n) is 3.24. The molecule has 1 amide bonds. The Morgan fingerprint density at radius 2 is 2.06 bits per heavy atom. The molecule has 100 valence electrons. The van der Waals surface area contributed by atoms with Gasteiger partial charge in [-0.25, -0.2) is 0 Å². The molecule has 0 aliphatic carbocycles. The summed E-state index contributed by atoms with van der Waals surface area (Å²) in [6.45, 7) is 8.47. The van der Waals surface area contributed by atoms with Gasteiger partial charge in [-0.05, 0) is 25.7 Å². The Morgan fingerprint density at radius 1 is 1.53 bits per heavy atom. The number of hydrogen-bond acceptors (Lipinski definition) is 3. The smallest absolute Gasteiger partial charge is 0.235 e. The standard InChI is InChI=1S/C12H25N3O2/c1-6-12(4,10(13)14-17)11(16)15(5)8-7-9(2)3/h9,17H,6-8H2,1-5H3,(H2,13,14). The third-order valence-corrected chi connectivity index (χ3v) is 3.24. The van der Waals surface area contributed by atoms with E-state index in [1.54, 1.807) is 18.9 Å². The van der Waals surface area contributed by atoms with Gasteiger partial charge >= 0.3 is 0 Å². The molecule has 0 radical (unpaired) electrons. The van der Waals surface area contributed by atoms with Crippen molar-refractivity contribution < 1.29 is 10.0 Å². The molecule has 0 aromatic heterocycles. The lowest BCUT2D eigenvalue weighted by molar-refractivity contribution is -0.136. The number of nitrogens with zero attached hydrogens (tertiary/aromatic N) is 2. The second-order valence-electron chi connectivity index (χ2n) is 5.08. The molecule has 1 unspecified atom stereocenters. The fourth-order valence-corrected chi connectivity index (χ4v) is 1.53. The summed E-state index contributed by atoms with van der Waals surface area (Å²) in [5, 5.41) is 11.7. The molecule has 0 spiro atoms.